The number of anilines is 2. The smallest absolute Gasteiger partial charge is 0.261 e. The van der Waals surface area contributed by atoms with E-state index in [0.29, 0.717) is 32.8 Å². The van der Waals surface area contributed by atoms with Crippen LogP contribution in [0.3, 0.4) is 0 Å². The number of nitrogens with one attached hydrogen (secondary N) is 2. The maximum atomic E-state index is 12.5. The van der Waals surface area contributed by atoms with Crippen molar-refractivity contribution >= 4 is 49.7 Å². The Hall–Kier alpha value is -2.62. The lowest BCUT2D eigenvalue weighted by atomic mass is 10.1. The fraction of sp³-hybridized carbons (Fsp3) is 0.111. The van der Waals surface area contributed by atoms with Gasteiger partial charge in [0.25, 0.3) is 5.91 Å². The van der Waals surface area contributed by atoms with Gasteiger partial charge in [-0.3, -0.25) is 14.8 Å². The van der Waals surface area contributed by atoms with Crippen LogP contribution in [0.5, 0.6) is 5.75 Å². The van der Waals surface area contributed by atoms with Gasteiger partial charge in [0, 0.05) is 21.7 Å². The minimum atomic E-state index is -3.33. The third-order valence-electron chi connectivity index (χ3n) is 3.62. The van der Waals surface area contributed by atoms with Crippen LogP contribution in [0.15, 0.2) is 47.8 Å². The van der Waals surface area contributed by atoms with Gasteiger partial charge in [-0.15, -0.1) is 11.3 Å². The molecule has 0 fully saturated rings. The van der Waals surface area contributed by atoms with Crippen molar-refractivity contribution in [1.29, 1.82) is 0 Å². The minimum absolute atomic E-state index is 0.347. The maximum absolute atomic E-state index is 12.5. The molecule has 0 aliphatic carbocycles. The van der Waals surface area contributed by atoms with Crippen LogP contribution in [-0.4, -0.2) is 32.7 Å². The molecule has 146 valence electrons. The first-order valence-corrected chi connectivity index (χ1v) is 11.1. The van der Waals surface area contributed by atoms with Crippen molar-refractivity contribution in [2.75, 3.05) is 23.4 Å². The van der Waals surface area contributed by atoms with E-state index in [1.807, 2.05) is 0 Å². The number of thiazole rings is 1. The van der Waals surface area contributed by atoms with Crippen LogP contribution in [0.4, 0.5) is 10.8 Å². The largest absolute Gasteiger partial charge is 0.496 e. The average molecular weight is 438 g/mol. The molecule has 0 radical (unpaired) electrons. The predicted molar refractivity (Wildman–Crippen MR) is 112 cm³/mol. The molecule has 0 atom stereocenters. The zero-order chi connectivity index (χ0) is 20.3. The number of ether oxygens (including phenoxy) is 1. The fourth-order valence-corrected chi connectivity index (χ4v) is 3.84. The van der Waals surface area contributed by atoms with Gasteiger partial charge < -0.3 is 4.74 Å². The second-order valence-electron chi connectivity index (χ2n) is 5.79. The highest BCUT2D eigenvalue weighted by Gasteiger charge is 2.15. The van der Waals surface area contributed by atoms with Gasteiger partial charge in [0.1, 0.15) is 5.75 Å². The van der Waals surface area contributed by atoms with Crippen LogP contribution >= 0.6 is 22.9 Å². The van der Waals surface area contributed by atoms with Crippen LogP contribution in [-0.2, 0) is 10.0 Å². The van der Waals surface area contributed by atoms with Gasteiger partial charge >= 0.3 is 0 Å². The van der Waals surface area contributed by atoms with Crippen LogP contribution in [0.2, 0.25) is 5.02 Å². The molecule has 0 saturated heterocycles. The van der Waals surface area contributed by atoms with Crippen molar-refractivity contribution in [2.45, 2.75) is 0 Å². The van der Waals surface area contributed by atoms with E-state index in [1.54, 1.807) is 47.8 Å². The maximum Gasteiger partial charge on any atom is 0.261 e. The molecule has 1 amide bonds. The fourth-order valence-electron chi connectivity index (χ4n) is 2.40. The molecule has 0 saturated carbocycles. The van der Waals surface area contributed by atoms with E-state index in [-0.39, 0.29) is 5.91 Å². The summed E-state index contributed by atoms with van der Waals surface area (Å²) in [6.45, 7) is 0. The molecule has 10 heteroatoms. The summed E-state index contributed by atoms with van der Waals surface area (Å²) in [4.78, 5) is 16.9. The van der Waals surface area contributed by atoms with Gasteiger partial charge in [-0.2, -0.15) is 0 Å². The number of hydrogen-bond donors (Lipinski definition) is 2. The molecule has 2 N–H and O–H groups in total. The first-order chi connectivity index (χ1) is 13.2. The molecule has 0 spiro atoms. The van der Waals surface area contributed by atoms with E-state index in [2.05, 4.69) is 15.0 Å². The molecule has 7 nitrogen and oxygen atoms in total. The third-order valence-corrected chi connectivity index (χ3v) is 5.22. The third kappa shape index (κ3) is 5.00. The molecule has 2 aromatic carbocycles. The molecule has 1 heterocycles. The monoisotopic (exact) mass is 437 g/mol. The van der Waals surface area contributed by atoms with Gasteiger partial charge in [0.05, 0.1) is 24.6 Å². The molecule has 1 aromatic heterocycles. The molecule has 0 bridgehead atoms. The van der Waals surface area contributed by atoms with Crippen LogP contribution in [0.25, 0.3) is 11.3 Å². The SMILES string of the molecule is COc1cc(Cl)ccc1C(=O)Nc1nc(-c2ccc(NS(C)(=O)=O)cc2)cs1. The first kappa shape index (κ1) is 20.1. The molecule has 3 rings (SSSR count). The van der Waals surface area contributed by atoms with Crippen molar-refractivity contribution in [3.8, 4) is 17.0 Å². The summed E-state index contributed by atoms with van der Waals surface area (Å²) in [6, 6.07) is 11.5. The number of hydrogen-bond acceptors (Lipinski definition) is 6. The Kier molecular flexibility index (Phi) is 5.87. The highest BCUT2D eigenvalue weighted by atomic mass is 35.5. The number of amides is 1. The second kappa shape index (κ2) is 8.17. The summed E-state index contributed by atoms with van der Waals surface area (Å²) < 4.78 is 30.1. The standard InChI is InChI=1S/C18H16ClN3O4S2/c1-26-16-9-12(19)5-8-14(16)17(23)21-18-20-15(10-27-18)11-3-6-13(7-4-11)22-28(2,24)25/h3-10,22H,1-2H3,(H,20,21,23). The molecule has 0 aliphatic heterocycles. The molecular weight excluding hydrogens is 422 g/mol. The summed E-state index contributed by atoms with van der Waals surface area (Å²) in [5.74, 6) is 0.0119. The number of sulfonamides is 1. The van der Waals surface area contributed by atoms with Crippen molar-refractivity contribution in [3.05, 3.63) is 58.4 Å². The highest BCUT2D eigenvalue weighted by molar-refractivity contribution is 7.92. The summed E-state index contributed by atoms with van der Waals surface area (Å²) in [5, 5.41) is 5.44. The number of carbonyl (C=O) groups excluding carboxylic acids is 1. The van der Waals surface area contributed by atoms with Gasteiger partial charge in [-0.1, -0.05) is 23.7 Å². The number of carbonyl (C=O) groups is 1. The van der Waals surface area contributed by atoms with Crippen molar-refractivity contribution in [1.82, 2.24) is 4.98 Å². The van der Waals surface area contributed by atoms with Gasteiger partial charge in [0.2, 0.25) is 10.0 Å². The van der Waals surface area contributed by atoms with E-state index in [0.717, 1.165) is 11.8 Å². The van der Waals surface area contributed by atoms with Crippen molar-refractivity contribution in [2.24, 2.45) is 0 Å². The average Bonchev–Trinajstić information content (AvgIpc) is 3.09. The number of methoxy groups -OCH3 is 1. The summed E-state index contributed by atoms with van der Waals surface area (Å²) in [7, 11) is -1.86. The highest BCUT2D eigenvalue weighted by Crippen LogP contribution is 2.28. The number of benzene rings is 2. The molecular formula is C18H16ClN3O4S2. The Morgan fingerprint density at radius 2 is 1.89 bits per heavy atom. The lowest BCUT2D eigenvalue weighted by Gasteiger charge is -2.08. The number of halogens is 1. The Morgan fingerprint density at radius 1 is 1.18 bits per heavy atom. The molecule has 0 aliphatic rings. The molecule has 3 aromatic rings. The van der Waals surface area contributed by atoms with E-state index in [9.17, 15) is 13.2 Å². The normalized spacial score (nSPS) is 11.1. The van der Waals surface area contributed by atoms with Crippen molar-refractivity contribution < 1.29 is 17.9 Å². The zero-order valence-electron chi connectivity index (χ0n) is 14.9. The van der Waals surface area contributed by atoms with E-state index in [4.69, 9.17) is 16.3 Å². The number of aromatic nitrogens is 1. The van der Waals surface area contributed by atoms with E-state index in [1.165, 1.54) is 18.4 Å². The van der Waals surface area contributed by atoms with Gasteiger partial charge in [-0.05, 0) is 30.3 Å². The van der Waals surface area contributed by atoms with Gasteiger partial charge in [0.15, 0.2) is 5.13 Å². The predicted octanol–water partition coefficient (Wildman–Crippen LogP) is 4.10. The zero-order valence-corrected chi connectivity index (χ0v) is 17.3. The Balaban J connectivity index is 1.75. The quantitative estimate of drug-likeness (QED) is 0.605. The Labute approximate surface area is 171 Å². The molecule has 28 heavy (non-hydrogen) atoms. The molecule has 0 unspecified atom stereocenters. The van der Waals surface area contributed by atoms with Crippen molar-refractivity contribution in [3.63, 3.8) is 0 Å². The first-order valence-electron chi connectivity index (χ1n) is 7.94. The summed E-state index contributed by atoms with van der Waals surface area (Å²) >= 11 is 7.20. The number of rotatable bonds is 6. The Bertz CT molecular complexity index is 1110. The van der Waals surface area contributed by atoms with Crippen LogP contribution in [0.1, 0.15) is 10.4 Å². The minimum Gasteiger partial charge on any atom is -0.496 e. The van der Waals surface area contributed by atoms with Crippen LogP contribution in [0, 0.1) is 0 Å². The Morgan fingerprint density at radius 3 is 2.54 bits per heavy atom. The topological polar surface area (TPSA) is 97.4 Å². The lowest BCUT2D eigenvalue weighted by Crippen LogP contribution is -2.13. The van der Waals surface area contributed by atoms with E-state index < -0.39 is 10.0 Å². The summed E-state index contributed by atoms with van der Waals surface area (Å²) in [5.41, 5.74) is 2.26. The van der Waals surface area contributed by atoms with E-state index >= 15 is 0 Å². The summed E-state index contributed by atoms with van der Waals surface area (Å²) in [6.07, 6.45) is 1.09. The second-order valence-corrected chi connectivity index (χ2v) is 8.83. The lowest BCUT2D eigenvalue weighted by molar-refractivity contribution is 0.102. The van der Waals surface area contributed by atoms with Crippen LogP contribution < -0.4 is 14.8 Å². The number of nitrogens with zero attached hydrogens (tertiary/aromatic N) is 1. The van der Waals surface area contributed by atoms with Gasteiger partial charge in [-0.25, -0.2) is 13.4 Å².